The number of amides is 1. The molecule has 1 aromatic rings. The molecule has 0 spiro atoms. The van der Waals surface area contributed by atoms with E-state index < -0.39 is 11.9 Å². The number of nitrogens with zero attached hydrogens (tertiary/aromatic N) is 1. The SMILES string of the molecule is COc1cc(C=O)cc2c1OCC(=O)N2CC(=O)OC(C)C. The van der Waals surface area contributed by atoms with Gasteiger partial charge in [0.1, 0.15) is 12.8 Å². The van der Waals surface area contributed by atoms with Crippen LogP contribution in [0.25, 0.3) is 0 Å². The number of carbonyl (C=O) groups is 3. The first-order chi connectivity index (χ1) is 10.5. The number of benzene rings is 1. The van der Waals surface area contributed by atoms with Crippen molar-refractivity contribution in [2.45, 2.75) is 20.0 Å². The molecular formula is C15H17NO6. The second-order valence-corrected chi connectivity index (χ2v) is 5.00. The molecule has 1 aliphatic heterocycles. The van der Waals surface area contributed by atoms with Crippen LogP contribution in [0.15, 0.2) is 12.1 Å². The van der Waals surface area contributed by atoms with E-state index in [2.05, 4.69) is 0 Å². The van der Waals surface area contributed by atoms with Gasteiger partial charge in [0, 0.05) is 5.56 Å². The zero-order chi connectivity index (χ0) is 16.3. The second kappa shape index (κ2) is 6.46. The van der Waals surface area contributed by atoms with Gasteiger partial charge >= 0.3 is 5.97 Å². The predicted molar refractivity (Wildman–Crippen MR) is 77.5 cm³/mol. The number of methoxy groups -OCH3 is 1. The van der Waals surface area contributed by atoms with Crippen LogP contribution >= 0.6 is 0 Å². The third kappa shape index (κ3) is 3.19. The number of esters is 1. The van der Waals surface area contributed by atoms with E-state index in [4.69, 9.17) is 14.2 Å². The Morgan fingerprint density at radius 2 is 2.18 bits per heavy atom. The number of hydrogen-bond donors (Lipinski definition) is 0. The van der Waals surface area contributed by atoms with Crippen molar-refractivity contribution in [3.05, 3.63) is 17.7 Å². The maximum Gasteiger partial charge on any atom is 0.326 e. The van der Waals surface area contributed by atoms with Crippen molar-refractivity contribution in [1.29, 1.82) is 0 Å². The minimum atomic E-state index is -0.535. The highest BCUT2D eigenvalue weighted by Crippen LogP contribution is 2.41. The van der Waals surface area contributed by atoms with Crippen LogP contribution in [0.3, 0.4) is 0 Å². The summed E-state index contributed by atoms with van der Waals surface area (Å²) < 4.78 is 15.6. The van der Waals surface area contributed by atoms with E-state index in [1.165, 1.54) is 24.1 Å². The summed E-state index contributed by atoms with van der Waals surface area (Å²) in [6, 6.07) is 2.98. The van der Waals surface area contributed by atoms with E-state index in [1.807, 2.05) is 0 Å². The van der Waals surface area contributed by atoms with Crippen LogP contribution in [0, 0.1) is 0 Å². The third-order valence-corrected chi connectivity index (χ3v) is 3.00. The second-order valence-electron chi connectivity index (χ2n) is 5.00. The van der Waals surface area contributed by atoms with Gasteiger partial charge in [0.25, 0.3) is 5.91 Å². The first kappa shape index (κ1) is 15.8. The number of rotatable bonds is 5. The highest BCUT2D eigenvalue weighted by molar-refractivity contribution is 6.02. The van der Waals surface area contributed by atoms with E-state index in [0.717, 1.165) is 0 Å². The van der Waals surface area contributed by atoms with Gasteiger partial charge in [0.15, 0.2) is 18.1 Å². The maximum atomic E-state index is 12.0. The molecule has 0 saturated carbocycles. The molecule has 22 heavy (non-hydrogen) atoms. The Morgan fingerprint density at radius 1 is 1.45 bits per heavy atom. The summed E-state index contributed by atoms with van der Waals surface area (Å²) in [6.45, 7) is 2.98. The number of hydrogen-bond acceptors (Lipinski definition) is 6. The van der Waals surface area contributed by atoms with Crippen LogP contribution in [-0.4, -0.2) is 44.5 Å². The van der Waals surface area contributed by atoms with Crippen LogP contribution in [0.4, 0.5) is 5.69 Å². The Labute approximate surface area is 127 Å². The summed E-state index contributed by atoms with van der Waals surface area (Å²) in [4.78, 5) is 36.1. The van der Waals surface area contributed by atoms with Crippen molar-refractivity contribution in [2.24, 2.45) is 0 Å². The molecule has 0 aliphatic carbocycles. The van der Waals surface area contributed by atoms with Crippen molar-refractivity contribution in [1.82, 2.24) is 0 Å². The molecule has 0 N–H and O–H groups in total. The average Bonchev–Trinajstić information content (AvgIpc) is 2.48. The minimum absolute atomic E-state index is 0.210. The van der Waals surface area contributed by atoms with E-state index in [-0.39, 0.29) is 19.3 Å². The molecule has 0 atom stereocenters. The molecular weight excluding hydrogens is 290 g/mol. The highest BCUT2D eigenvalue weighted by Gasteiger charge is 2.31. The summed E-state index contributed by atoms with van der Waals surface area (Å²) in [7, 11) is 1.43. The zero-order valence-corrected chi connectivity index (χ0v) is 12.6. The van der Waals surface area contributed by atoms with Gasteiger partial charge in [-0.1, -0.05) is 0 Å². The quantitative estimate of drug-likeness (QED) is 0.600. The lowest BCUT2D eigenvalue weighted by molar-refractivity contribution is -0.146. The van der Waals surface area contributed by atoms with Crippen LogP contribution < -0.4 is 14.4 Å². The molecule has 7 heteroatoms. The third-order valence-electron chi connectivity index (χ3n) is 3.00. The van der Waals surface area contributed by atoms with E-state index >= 15 is 0 Å². The lowest BCUT2D eigenvalue weighted by atomic mass is 10.1. The molecule has 0 unspecified atom stereocenters. The Morgan fingerprint density at radius 3 is 2.77 bits per heavy atom. The topological polar surface area (TPSA) is 82.1 Å². The van der Waals surface area contributed by atoms with Crippen molar-refractivity contribution in [3.63, 3.8) is 0 Å². The van der Waals surface area contributed by atoms with Gasteiger partial charge in [-0.3, -0.25) is 19.3 Å². The fraction of sp³-hybridized carbons (Fsp3) is 0.400. The molecule has 1 amide bonds. The smallest absolute Gasteiger partial charge is 0.326 e. The van der Waals surface area contributed by atoms with Gasteiger partial charge in [0.2, 0.25) is 0 Å². The van der Waals surface area contributed by atoms with Crippen LogP contribution in [-0.2, 0) is 14.3 Å². The van der Waals surface area contributed by atoms with Crippen molar-refractivity contribution < 1.29 is 28.6 Å². The molecule has 0 radical (unpaired) electrons. The molecule has 0 saturated heterocycles. The van der Waals surface area contributed by atoms with Gasteiger partial charge in [-0.05, 0) is 26.0 Å². The van der Waals surface area contributed by atoms with Crippen molar-refractivity contribution in [2.75, 3.05) is 25.2 Å². The van der Waals surface area contributed by atoms with Crippen LogP contribution in [0.5, 0.6) is 11.5 Å². The summed E-state index contributed by atoms with van der Waals surface area (Å²) >= 11 is 0. The summed E-state index contributed by atoms with van der Waals surface area (Å²) in [5, 5.41) is 0. The Hall–Kier alpha value is -2.57. The molecule has 118 valence electrons. The standard InChI is InChI=1S/C15H17NO6/c1-9(2)22-14(19)6-16-11-4-10(7-17)5-12(20-3)15(11)21-8-13(16)18/h4-5,7,9H,6,8H2,1-3H3. The van der Waals surface area contributed by atoms with Crippen molar-refractivity contribution >= 4 is 23.9 Å². The first-order valence-electron chi connectivity index (χ1n) is 6.76. The lowest BCUT2D eigenvalue weighted by Gasteiger charge is -2.30. The highest BCUT2D eigenvalue weighted by atomic mass is 16.5. The summed E-state index contributed by atoms with van der Waals surface area (Å²) in [6.07, 6.45) is 0.353. The first-order valence-corrected chi connectivity index (χ1v) is 6.76. The normalized spacial score (nSPS) is 13.5. The van der Waals surface area contributed by atoms with E-state index in [0.29, 0.717) is 29.0 Å². The molecule has 2 rings (SSSR count). The Bertz CT molecular complexity index is 610. The molecule has 0 bridgehead atoms. The number of anilines is 1. The van der Waals surface area contributed by atoms with Gasteiger partial charge in [-0.25, -0.2) is 0 Å². The van der Waals surface area contributed by atoms with E-state index in [9.17, 15) is 14.4 Å². The average molecular weight is 307 g/mol. The fourth-order valence-electron chi connectivity index (χ4n) is 2.12. The predicted octanol–water partition coefficient (Wildman–Crippen LogP) is 1.18. The van der Waals surface area contributed by atoms with Gasteiger partial charge in [-0.15, -0.1) is 0 Å². The number of aldehydes is 1. The molecule has 0 fully saturated rings. The lowest BCUT2D eigenvalue weighted by Crippen LogP contribution is -2.43. The van der Waals surface area contributed by atoms with Crippen LogP contribution in [0.2, 0.25) is 0 Å². The Kier molecular flexibility index (Phi) is 4.65. The largest absolute Gasteiger partial charge is 0.493 e. The molecule has 1 aromatic carbocycles. The Balaban J connectivity index is 2.39. The molecule has 7 nitrogen and oxygen atoms in total. The van der Waals surface area contributed by atoms with Gasteiger partial charge in [-0.2, -0.15) is 0 Å². The van der Waals surface area contributed by atoms with Crippen LogP contribution in [0.1, 0.15) is 24.2 Å². The minimum Gasteiger partial charge on any atom is -0.493 e. The molecule has 0 aromatic heterocycles. The number of carbonyl (C=O) groups excluding carboxylic acids is 3. The number of ether oxygens (including phenoxy) is 3. The van der Waals surface area contributed by atoms with E-state index in [1.54, 1.807) is 13.8 Å². The summed E-state index contributed by atoms with van der Waals surface area (Å²) in [5.74, 6) is -0.274. The summed E-state index contributed by atoms with van der Waals surface area (Å²) in [5.41, 5.74) is 0.634. The molecule has 1 heterocycles. The van der Waals surface area contributed by atoms with Crippen molar-refractivity contribution in [3.8, 4) is 11.5 Å². The maximum absolute atomic E-state index is 12.0. The van der Waals surface area contributed by atoms with Gasteiger partial charge < -0.3 is 14.2 Å². The zero-order valence-electron chi connectivity index (χ0n) is 12.6. The fourth-order valence-corrected chi connectivity index (χ4v) is 2.12. The number of fused-ring (bicyclic) bond motifs is 1. The molecule has 1 aliphatic rings. The van der Waals surface area contributed by atoms with Gasteiger partial charge in [0.05, 0.1) is 18.9 Å². The monoisotopic (exact) mass is 307 g/mol.